The minimum atomic E-state index is 0.192. The normalized spacial score (nSPS) is 24.6. The third-order valence-electron chi connectivity index (χ3n) is 3.50. The molecule has 1 saturated heterocycles. The van der Waals surface area contributed by atoms with Crippen molar-refractivity contribution in [2.75, 3.05) is 0 Å². The van der Waals surface area contributed by atoms with E-state index in [4.69, 9.17) is 0 Å². The quantitative estimate of drug-likeness (QED) is 0.810. The molecule has 0 saturated carbocycles. The number of amides is 1. The van der Waals surface area contributed by atoms with E-state index in [1.807, 2.05) is 0 Å². The van der Waals surface area contributed by atoms with Gasteiger partial charge in [-0.2, -0.15) is 0 Å². The van der Waals surface area contributed by atoms with Crippen molar-refractivity contribution in [1.29, 1.82) is 0 Å². The summed E-state index contributed by atoms with van der Waals surface area (Å²) >= 11 is 0. The number of carbonyl (C=O) groups is 1. The molecule has 2 nitrogen and oxygen atoms in total. The number of aryl methyl sites for hydroxylation is 2. The molecule has 1 heterocycles. The first-order valence-corrected chi connectivity index (χ1v) is 5.98. The van der Waals surface area contributed by atoms with Crippen LogP contribution in [0.3, 0.4) is 0 Å². The number of carbonyl (C=O) groups excluding carboxylic acids is 1. The lowest BCUT2D eigenvalue weighted by Crippen LogP contribution is -2.27. The Morgan fingerprint density at radius 2 is 2.12 bits per heavy atom. The van der Waals surface area contributed by atoms with Gasteiger partial charge in [0.25, 0.3) is 0 Å². The maximum atomic E-state index is 11.5. The summed E-state index contributed by atoms with van der Waals surface area (Å²) in [7, 11) is 0. The molecule has 1 aromatic rings. The first-order chi connectivity index (χ1) is 7.61. The van der Waals surface area contributed by atoms with Gasteiger partial charge in [0.05, 0.1) is 0 Å². The molecule has 1 aromatic carbocycles. The zero-order valence-corrected chi connectivity index (χ0v) is 10.2. The number of rotatable bonds is 2. The van der Waals surface area contributed by atoms with Crippen molar-refractivity contribution >= 4 is 5.91 Å². The van der Waals surface area contributed by atoms with Crippen LogP contribution in [0.1, 0.15) is 42.4 Å². The molecule has 1 aliphatic heterocycles. The number of benzene rings is 1. The van der Waals surface area contributed by atoms with Crippen molar-refractivity contribution in [1.82, 2.24) is 5.32 Å². The SMILES string of the molecule is CCC1NC(=O)CC1c1ccc(C)cc1C. The van der Waals surface area contributed by atoms with Crippen molar-refractivity contribution < 1.29 is 4.79 Å². The molecule has 0 aliphatic carbocycles. The lowest BCUT2D eigenvalue weighted by molar-refractivity contribution is -0.119. The van der Waals surface area contributed by atoms with Gasteiger partial charge in [-0.15, -0.1) is 0 Å². The summed E-state index contributed by atoms with van der Waals surface area (Å²) in [4.78, 5) is 11.5. The topological polar surface area (TPSA) is 29.1 Å². The van der Waals surface area contributed by atoms with Crippen molar-refractivity contribution in [2.24, 2.45) is 0 Å². The summed E-state index contributed by atoms with van der Waals surface area (Å²) in [5.41, 5.74) is 3.92. The Morgan fingerprint density at radius 1 is 1.38 bits per heavy atom. The van der Waals surface area contributed by atoms with E-state index >= 15 is 0 Å². The molecule has 2 rings (SSSR count). The highest BCUT2D eigenvalue weighted by atomic mass is 16.2. The fourth-order valence-electron chi connectivity index (χ4n) is 2.66. The van der Waals surface area contributed by atoms with E-state index in [-0.39, 0.29) is 5.91 Å². The zero-order chi connectivity index (χ0) is 11.7. The number of nitrogens with one attached hydrogen (secondary N) is 1. The molecule has 0 aromatic heterocycles. The Morgan fingerprint density at radius 3 is 2.75 bits per heavy atom. The predicted octanol–water partition coefficient (Wildman–Crippen LogP) is 2.69. The standard InChI is InChI=1S/C14H19NO/c1-4-13-12(8-14(16)15-13)11-6-5-9(2)7-10(11)3/h5-7,12-13H,4,8H2,1-3H3,(H,15,16). The molecule has 0 spiro atoms. The van der Waals surface area contributed by atoms with Crippen molar-refractivity contribution in [2.45, 2.75) is 45.6 Å². The lowest BCUT2D eigenvalue weighted by Gasteiger charge is -2.19. The van der Waals surface area contributed by atoms with Crippen LogP contribution in [-0.4, -0.2) is 11.9 Å². The van der Waals surface area contributed by atoms with Crippen LogP contribution in [0.25, 0.3) is 0 Å². The van der Waals surface area contributed by atoms with Gasteiger partial charge in [0.2, 0.25) is 5.91 Å². The Balaban J connectivity index is 2.32. The van der Waals surface area contributed by atoms with Crippen molar-refractivity contribution in [3.8, 4) is 0 Å². The van der Waals surface area contributed by atoms with E-state index < -0.39 is 0 Å². The highest BCUT2D eigenvalue weighted by Gasteiger charge is 2.32. The Kier molecular flexibility index (Phi) is 2.99. The molecule has 1 N–H and O–H groups in total. The minimum absolute atomic E-state index is 0.192. The molecule has 2 unspecified atom stereocenters. The summed E-state index contributed by atoms with van der Waals surface area (Å²) in [6.07, 6.45) is 1.64. The molecule has 0 radical (unpaired) electrons. The van der Waals surface area contributed by atoms with E-state index in [9.17, 15) is 4.79 Å². The van der Waals surface area contributed by atoms with Crippen LogP contribution in [0.4, 0.5) is 0 Å². The highest BCUT2D eigenvalue weighted by molar-refractivity contribution is 5.80. The van der Waals surface area contributed by atoms with Gasteiger partial charge in [-0.05, 0) is 31.4 Å². The van der Waals surface area contributed by atoms with Gasteiger partial charge in [0.1, 0.15) is 0 Å². The van der Waals surface area contributed by atoms with Gasteiger partial charge in [-0.1, -0.05) is 30.7 Å². The molecule has 2 heteroatoms. The lowest BCUT2D eigenvalue weighted by atomic mass is 9.87. The van der Waals surface area contributed by atoms with E-state index in [1.54, 1.807) is 0 Å². The average Bonchev–Trinajstić information content (AvgIpc) is 2.59. The summed E-state index contributed by atoms with van der Waals surface area (Å²) < 4.78 is 0. The number of hydrogen-bond donors (Lipinski definition) is 1. The molecule has 1 aliphatic rings. The maximum Gasteiger partial charge on any atom is 0.220 e. The van der Waals surface area contributed by atoms with Gasteiger partial charge < -0.3 is 5.32 Å². The van der Waals surface area contributed by atoms with Crippen LogP contribution in [0.5, 0.6) is 0 Å². The van der Waals surface area contributed by atoms with Crippen molar-refractivity contribution in [3.63, 3.8) is 0 Å². The second-order valence-corrected chi connectivity index (χ2v) is 4.75. The summed E-state index contributed by atoms with van der Waals surface area (Å²) in [5, 5.41) is 3.06. The smallest absolute Gasteiger partial charge is 0.220 e. The summed E-state index contributed by atoms with van der Waals surface area (Å²) in [6, 6.07) is 6.83. The van der Waals surface area contributed by atoms with Gasteiger partial charge in [-0.3, -0.25) is 4.79 Å². The zero-order valence-electron chi connectivity index (χ0n) is 10.2. The number of hydrogen-bond acceptors (Lipinski definition) is 1. The highest BCUT2D eigenvalue weighted by Crippen LogP contribution is 2.32. The molecule has 16 heavy (non-hydrogen) atoms. The molecular weight excluding hydrogens is 198 g/mol. The van der Waals surface area contributed by atoms with Gasteiger partial charge in [-0.25, -0.2) is 0 Å². The molecule has 1 fully saturated rings. The molecular formula is C14H19NO. The first kappa shape index (κ1) is 11.2. The second kappa shape index (κ2) is 4.28. The van der Waals surface area contributed by atoms with Gasteiger partial charge in [0, 0.05) is 18.4 Å². The minimum Gasteiger partial charge on any atom is -0.353 e. The molecule has 2 atom stereocenters. The van der Waals surface area contributed by atoms with Crippen LogP contribution >= 0.6 is 0 Å². The first-order valence-electron chi connectivity index (χ1n) is 5.98. The van der Waals surface area contributed by atoms with Crippen LogP contribution in [0.2, 0.25) is 0 Å². The summed E-state index contributed by atoms with van der Waals surface area (Å²) in [6.45, 7) is 6.37. The summed E-state index contributed by atoms with van der Waals surface area (Å²) in [5.74, 6) is 0.551. The van der Waals surface area contributed by atoms with E-state index in [0.717, 1.165) is 6.42 Å². The van der Waals surface area contributed by atoms with E-state index in [0.29, 0.717) is 18.4 Å². The fraction of sp³-hybridized carbons (Fsp3) is 0.500. The van der Waals surface area contributed by atoms with Crippen molar-refractivity contribution in [3.05, 3.63) is 34.9 Å². The van der Waals surface area contributed by atoms with Crippen LogP contribution in [0.15, 0.2) is 18.2 Å². The van der Waals surface area contributed by atoms with E-state index in [1.165, 1.54) is 16.7 Å². The average molecular weight is 217 g/mol. The fourth-order valence-corrected chi connectivity index (χ4v) is 2.66. The third-order valence-corrected chi connectivity index (χ3v) is 3.50. The predicted molar refractivity (Wildman–Crippen MR) is 65.5 cm³/mol. The Labute approximate surface area is 97.1 Å². The monoisotopic (exact) mass is 217 g/mol. The molecule has 86 valence electrons. The molecule has 0 bridgehead atoms. The largest absolute Gasteiger partial charge is 0.353 e. The maximum absolute atomic E-state index is 11.5. The third kappa shape index (κ3) is 1.97. The molecule has 1 amide bonds. The van der Waals surface area contributed by atoms with Crippen LogP contribution in [-0.2, 0) is 4.79 Å². The van der Waals surface area contributed by atoms with E-state index in [2.05, 4.69) is 44.3 Å². The Hall–Kier alpha value is -1.31. The van der Waals surface area contributed by atoms with Crippen LogP contribution in [0, 0.1) is 13.8 Å². The van der Waals surface area contributed by atoms with Gasteiger partial charge >= 0.3 is 0 Å². The Bertz CT molecular complexity index is 411. The second-order valence-electron chi connectivity index (χ2n) is 4.75. The van der Waals surface area contributed by atoms with Crippen LogP contribution < -0.4 is 5.32 Å². The van der Waals surface area contributed by atoms with Gasteiger partial charge in [0.15, 0.2) is 0 Å².